The first-order valence-electron chi connectivity index (χ1n) is 6.54. The van der Waals surface area contributed by atoms with Crippen molar-refractivity contribution >= 4 is 11.6 Å². The summed E-state index contributed by atoms with van der Waals surface area (Å²) >= 11 is 6.27. The zero-order valence-corrected chi connectivity index (χ0v) is 12.8. The molecule has 0 atom stereocenters. The van der Waals surface area contributed by atoms with Crippen LogP contribution >= 0.6 is 11.6 Å². The van der Waals surface area contributed by atoms with Crippen LogP contribution in [0, 0.1) is 0 Å². The number of ether oxygens (including phenoxy) is 1. The maximum atomic E-state index is 6.27. The van der Waals surface area contributed by atoms with Crippen molar-refractivity contribution in [2.75, 3.05) is 13.1 Å². The van der Waals surface area contributed by atoms with Crippen molar-refractivity contribution in [3.05, 3.63) is 28.8 Å². The van der Waals surface area contributed by atoms with Crippen molar-refractivity contribution < 1.29 is 4.74 Å². The molecule has 102 valence electrons. The summed E-state index contributed by atoms with van der Waals surface area (Å²) in [5, 5.41) is 4.06. The second-order valence-electron chi connectivity index (χ2n) is 5.48. The number of rotatable bonds is 6. The van der Waals surface area contributed by atoms with Crippen LogP contribution in [0.15, 0.2) is 18.2 Å². The van der Waals surface area contributed by atoms with Crippen LogP contribution in [0.4, 0.5) is 0 Å². The van der Waals surface area contributed by atoms with Gasteiger partial charge in [0, 0.05) is 12.0 Å². The van der Waals surface area contributed by atoms with Gasteiger partial charge in [-0.05, 0) is 38.1 Å². The summed E-state index contributed by atoms with van der Waals surface area (Å²) in [5.74, 6) is 0.759. The van der Waals surface area contributed by atoms with E-state index in [9.17, 15) is 0 Å². The van der Waals surface area contributed by atoms with Gasteiger partial charge in [-0.1, -0.05) is 38.4 Å². The first kappa shape index (κ1) is 15.3. The summed E-state index contributed by atoms with van der Waals surface area (Å²) in [6.45, 7) is 12.5. The fourth-order valence-corrected chi connectivity index (χ4v) is 2.04. The van der Waals surface area contributed by atoms with Gasteiger partial charge < -0.3 is 10.1 Å². The lowest BCUT2D eigenvalue weighted by atomic mass is 9.84. The summed E-state index contributed by atoms with van der Waals surface area (Å²) in [6.07, 6.45) is 0.142. The maximum Gasteiger partial charge on any atom is 0.138 e. The fourth-order valence-electron chi connectivity index (χ4n) is 1.81. The molecule has 0 spiro atoms. The van der Waals surface area contributed by atoms with Gasteiger partial charge in [-0.2, -0.15) is 0 Å². The van der Waals surface area contributed by atoms with Gasteiger partial charge in [0.2, 0.25) is 0 Å². The number of hydrogen-bond donors (Lipinski definition) is 1. The Morgan fingerprint density at radius 3 is 2.50 bits per heavy atom. The average molecular weight is 270 g/mol. The molecule has 0 saturated carbocycles. The number of likely N-dealkylation sites (N-methyl/N-ethyl adjacent to an activating group) is 1. The number of hydrogen-bond acceptors (Lipinski definition) is 2. The normalized spacial score (nSPS) is 11.9. The number of benzene rings is 1. The van der Waals surface area contributed by atoms with Crippen LogP contribution in [0.1, 0.15) is 40.2 Å². The van der Waals surface area contributed by atoms with Gasteiger partial charge in [-0.25, -0.2) is 0 Å². The van der Waals surface area contributed by atoms with Gasteiger partial charge in [-0.15, -0.1) is 0 Å². The molecule has 0 aromatic heterocycles. The van der Waals surface area contributed by atoms with E-state index in [1.54, 1.807) is 0 Å². The van der Waals surface area contributed by atoms with E-state index >= 15 is 0 Å². The van der Waals surface area contributed by atoms with Crippen LogP contribution in [0.2, 0.25) is 5.02 Å². The quantitative estimate of drug-likeness (QED) is 0.842. The zero-order valence-electron chi connectivity index (χ0n) is 12.0. The predicted molar refractivity (Wildman–Crippen MR) is 78.8 cm³/mol. The summed E-state index contributed by atoms with van der Waals surface area (Å²) < 4.78 is 5.65. The molecule has 0 heterocycles. The third-order valence-electron chi connectivity index (χ3n) is 2.89. The van der Waals surface area contributed by atoms with E-state index < -0.39 is 0 Å². The lowest BCUT2D eigenvalue weighted by Crippen LogP contribution is -2.32. The lowest BCUT2D eigenvalue weighted by molar-refractivity contribution is 0.242. The van der Waals surface area contributed by atoms with Crippen molar-refractivity contribution in [3.63, 3.8) is 0 Å². The molecule has 1 aromatic carbocycles. The Labute approximate surface area is 116 Å². The topological polar surface area (TPSA) is 21.3 Å². The van der Waals surface area contributed by atoms with Crippen molar-refractivity contribution in [1.82, 2.24) is 5.32 Å². The Balaban J connectivity index is 2.89. The second-order valence-corrected chi connectivity index (χ2v) is 5.88. The molecule has 2 nitrogen and oxygen atoms in total. The molecule has 0 amide bonds. The molecule has 0 saturated heterocycles. The third kappa shape index (κ3) is 4.18. The maximum absolute atomic E-state index is 6.27. The SMILES string of the molecule is CCNCC(C)(C)c1ccc(OC(C)C)c(Cl)c1. The Kier molecular flexibility index (Phi) is 5.48. The van der Waals surface area contributed by atoms with E-state index in [-0.39, 0.29) is 11.5 Å². The van der Waals surface area contributed by atoms with Crippen LogP contribution in [-0.2, 0) is 5.41 Å². The van der Waals surface area contributed by atoms with E-state index in [2.05, 4.69) is 32.2 Å². The van der Waals surface area contributed by atoms with E-state index in [4.69, 9.17) is 16.3 Å². The van der Waals surface area contributed by atoms with Crippen molar-refractivity contribution in [2.24, 2.45) is 0 Å². The molecule has 0 unspecified atom stereocenters. The minimum atomic E-state index is 0.0655. The Hall–Kier alpha value is -0.730. The number of halogens is 1. The van der Waals surface area contributed by atoms with Crippen molar-refractivity contribution in [1.29, 1.82) is 0 Å². The Morgan fingerprint density at radius 1 is 1.33 bits per heavy atom. The first-order chi connectivity index (χ1) is 8.36. The molecule has 1 rings (SSSR count). The molecule has 0 bridgehead atoms. The highest BCUT2D eigenvalue weighted by molar-refractivity contribution is 6.32. The van der Waals surface area contributed by atoms with Gasteiger partial charge >= 0.3 is 0 Å². The Bertz CT molecular complexity index is 388. The molecular formula is C15H24ClNO. The lowest BCUT2D eigenvalue weighted by Gasteiger charge is -2.26. The highest BCUT2D eigenvalue weighted by Gasteiger charge is 2.21. The van der Waals surface area contributed by atoms with Gasteiger partial charge in [0.05, 0.1) is 11.1 Å². The molecular weight excluding hydrogens is 246 g/mol. The molecule has 0 radical (unpaired) electrons. The monoisotopic (exact) mass is 269 g/mol. The van der Waals surface area contributed by atoms with E-state index in [0.29, 0.717) is 5.02 Å². The van der Waals surface area contributed by atoms with Gasteiger partial charge in [0.15, 0.2) is 0 Å². The largest absolute Gasteiger partial charge is 0.489 e. The fraction of sp³-hybridized carbons (Fsp3) is 0.600. The molecule has 0 aliphatic heterocycles. The highest BCUT2D eigenvalue weighted by atomic mass is 35.5. The smallest absolute Gasteiger partial charge is 0.138 e. The molecule has 0 aliphatic rings. The van der Waals surface area contributed by atoms with Gasteiger partial charge in [0.25, 0.3) is 0 Å². The van der Waals surface area contributed by atoms with Gasteiger partial charge in [-0.3, -0.25) is 0 Å². The minimum Gasteiger partial charge on any atom is -0.489 e. The summed E-state index contributed by atoms with van der Waals surface area (Å²) in [7, 11) is 0. The summed E-state index contributed by atoms with van der Waals surface area (Å²) in [5.41, 5.74) is 1.29. The van der Waals surface area contributed by atoms with E-state index in [1.165, 1.54) is 5.56 Å². The summed E-state index contributed by atoms with van der Waals surface area (Å²) in [4.78, 5) is 0. The standard InChI is InChI=1S/C15H24ClNO/c1-6-17-10-15(4,5)12-7-8-14(13(16)9-12)18-11(2)3/h7-9,11,17H,6,10H2,1-5H3. The van der Waals surface area contributed by atoms with Crippen LogP contribution in [0.3, 0.4) is 0 Å². The van der Waals surface area contributed by atoms with Crippen LogP contribution in [0.25, 0.3) is 0 Å². The molecule has 0 aliphatic carbocycles. The second kappa shape index (κ2) is 6.44. The van der Waals surface area contributed by atoms with Crippen molar-refractivity contribution in [3.8, 4) is 5.75 Å². The van der Waals surface area contributed by atoms with Gasteiger partial charge in [0.1, 0.15) is 5.75 Å². The van der Waals surface area contributed by atoms with Crippen LogP contribution < -0.4 is 10.1 Å². The molecule has 3 heteroatoms. The summed E-state index contributed by atoms with van der Waals surface area (Å²) in [6, 6.07) is 6.07. The van der Waals surface area contributed by atoms with Crippen molar-refractivity contribution in [2.45, 2.75) is 46.1 Å². The molecule has 1 N–H and O–H groups in total. The third-order valence-corrected chi connectivity index (χ3v) is 3.19. The first-order valence-corrected chi connectivity index (χ1v) is 6.92. The molecule has 0 fully saturated rings. The zero-order chi connectivity index (χ0) is 13.8. The Morgan fingerprint density at radius 2 is 2.00 bits per heavy atom. The average Bonchev–Trinajstić information content (AvgIpc) is 2.28. The van der Waals surface area contributed by atoms with E-state index in [1.807, 2.05) is 26.0 Å². The minimum absolute atomic E-state index is 0.0655. The number of nitrogens with one attached hydrogen (secondary N) is 1. The molecule has 1 aromatic rings. The predicted octanol–water partition coefficient (Wildman–Crippen LogP) is 4.01. The van der Waals surface area contributed by atoms with Crippen LogP contribution in [0.5, 0.6) is 5.75 Å². The molecule has 18 heavy (non-hydrogen) atoms. The highest BCUT2D eigenvalue weighted by Crippen LogP contribution is 2.31. The van der Waals surface area contributed by atoms with E-state index in [0.717, 1.165) is 18.8 Å². The van der Waals surface area contributed by atoms with Crippen LogP contribution in [-0.4, -0.2) is 19.2 Å².